The second-order valence-electron chi connectivity index (χ2n) is 5.84. The van der Waals surface area contributed by atoms with Gasteiger partial charge in [-0.25, -0.2) is 8.42 Å². The molecule has 0 radical (unpaired) electrons. The summed E-state index contributed by atoms with van der Waals surface area (Å²) < 4.78 is 32.0. The van der Waals surface area contributed by atoms with Gasteiger partial charge in [0, 0.05) is 5.92 Å². The van der Waals surface area contributed by atoms with Gasteiger partial charge >= 0.3 is 0 Å². The van der Waals surface area contributed by atoms with Crippen LogP contribution in [0.1, 0.15) is 31.2 Å². The highest BCUT2D eigenvalue weighted by Crippen LogP contribution is 2.35. The topological polar surface area (TPSA) is 72.5 Å². The van der Waals surface area contributed by atoms with Gasteiger partial charge in [-0.1, -0.05) is 30.3 Å². The Morgan fingerprint density at radius 3 is 2.38 bits per heavy atom. The number of nitrogens with one attached hydrogen (secondary N) is 1. The van der Waals surface area contributed by atoms with Crippen LogP contribution < -0.4 is 4.72 Å². The van der Waals surface area contributed by atoms with E-state index in [-0.39, 0.29) is 29.8 Å². The fourth-order valence-corrected chi connectivity index (χ4v) is 4.31. The van der Waals surface area contributed by atoms with Crippen LogP contribution in [0.15, 0.2) is 30.3 Å². The first-order chi connectivity index (χ1) is 10.0. The maximum Gasteiger partial charge on any atom is 0.239 e. The highest BCUT2D eigenvalue weighted by molar-refractivity contribution is 7.89. The van der Waals surface area contributed by atoms with E-state index in [1.165, 1.54) is 0 Å². The first-order valence-corrected chi connectivity index (χ1v) is 8.91. The molecule has 1 amide bonds. The van der Waals surface area contributed by atoms with Crippen LogP contribution in [0.25, 0.3) is 0 Å². The highest BCUT2D eigenvalue weighted by Gasteiger charge is 2.38. The zero-order valence-electron chi connectivity index (χ0n) is 11.7. The maximum absolute atomic E-state index is 12.2. The lowest BCUT2D eigenvalue weighted by Gasteiger charge is -2.27. The van der Waals surface area contributed by atoms with Crippen molar-refractivity contribution in [2.24, 2.45) is 5.92 Å². The van der Waals surface area contributed by atoms with E-state index in [0.717, 1.165) is 12.8 Å². The first kappa shape index (κ1) is 14.5. The minimum absolute atomic E-state index is 0.122. The quantitative estimate of drug-likeness (QED) is 0.917. The van der Waals surface area contributed by atoms with Crippen LogP contribution in [0.5, 0.6) is 0 Å². The summed E-state index contributed by atoms with van der Waals surface area (Å²) in [6.45, 7) is 0. The third-order valence-electron chi connectivity index (χ3n) is 4.12. The van der Waals surface area contributed by atoms with Crippen LogP contribution in [0.4, 0.5) is 0 Å². The summed E-state index contributed by atoms with van der Waals surface area (Å²) in [5.74, 6) is -0.803. The normalized spacial score (nSPS) is 28.3. The molecule has 2 heterocycles. The van der Waals surface area contributed by atoms with Crippen LogP contribution in [-0.2, 0) is 25.3 Å². The number of hydrogen-bond donors (Lipinski definition) is 1. The Balaban J connectivity index is 1.61. The molecule has 5 nitrogen and oxygen atoms in total. The van der Waals surface area contributed by atoms with Crippen molar-refractivity contribution in [2.75, 3.05) is 0 Å². The minimum atomic E-state index is -3.64. The van der Waals surface area contributed by atoms with Gasteiger partial charge in [-0.05, 0) is 31.2 Å². The molecule has 21 heavy (non-hydrogen) atoms. The molecule has 0 aliphatic carbocycles. The molecule has 0 spiro atoms. The monoisotopic (exact) mass is 309 g/mol. The van der Waals surface area contributed by atoms with Crippen LogP contribution in [0.2, 0.25) is 0 Å². The first-order valence-electron chi connectivity index (χ1n) is 7.25. The summed E-state index contributed by atoms with van der Waals surface area (Å²) in [6, 6.07) is 8.86. The molecular weight excluding hydrogens is 290 g/mol. The lowest BCUT2D eigenvalue weighted by atomic mass is 9.95. The van der Waals surface area contributed by atoms with E-state index in [9.17, 15) is 13.2 Å². The average Bonchev–Trinajstić information content (AvgIpc) is 2.77. The van der Waals surface area contributed by atoms with E-state index < -0.39 is 10.0 Å². The number of carbonyl (C=O) groups excluding carboxylic acids is 1. The van der Waals surface area contributed by atoms with Crippen LogP contribution in [0.3, 0.4) is 0 Å². The summed E-state index contributed by atoms with van der Waals surface area (Å²) in [5, 5.41) is 0. The van der Waals surface area contributed by atoms with E-state index in [0.29, 0.717) is 18.4 Å². The average molecular weight is 309 g/mol. The Labute approximate surface area is 124 Å². The molecule has 3 atom stereocenters. The third kappa shape index (κ3) is 3.63. The van der Waals surface area contributed by atoms with Gasteiger partial charge in [0.25, 0.3) is 0 Å². The standard InChI is InChI=1S/C15H19NO4S/c17-15(12-8-13-6-7-14(9-12)20-13)16-21(18,19)10-11-4-2-1-3-5-11/h1-5,12-14H,6-10H2,(H,16,17)/t12?,13-,14+. The number of benzene rings is 1. The Hall–Kier alpha value is -1.40. The van der Waals surface area contributed by atoms with Gasteiger partial charge < -0.3 is 4.74 Å². The molecular formula is C15H19NO4S. The van der Waals surface area contributed by atoms with Crippen molar-refractivity contribution >= 4 is 15.9 Å². The van der Waals surface area contributed by atoms with Crippen molar-refractivity contribution in [3.63, 3.8) is 0 Å². The van der Waals surface area contributed by atoms with Crippen molar-refractivity contribution in [1.82, 2.24) is 4.72 Å². The van der Waals surface area contributed by atoms with E-state index in [1.54, 1.807) is 24.3 Å². The molecule has 1 aromatic rings. The number of carbonyl (C=O) groups is 1. The van der Waals surface area contributed by atoms with Crippen molar-refractivity contribution in [2.45, 2.75) is 43.6 Å². The van der Waals surface area contributed by atoms with Gasteiger partial charge in [-0.2, -0.15) is 0 Å². The summed E-state index contributed by atoms with van der Waals surface area (Å²) in [6.07, 6.45) is 3.45. The number of hydrogen-bond acceptors (Lipinski definition) is 4. The van der Waals surface area contributed by atoms with Crippen molar-refractivity contribution in [3.05, 3.63) is 35.9 Å². The van der Waals surface area contributed by atoms with E-state index in [1.807, 2.05) is 6.07 Å². The van der Waals surface area contributed by atoms with Crippen LogP contribution in [0, 0.1) is 5.92 Å². The lowest BCUT2D eigenvalue weighted by molar-refractivity contribution is -0.128. The van der Waals surface area contributed by atoms with Gasteiger partial charge in [0.2, 0.25) is 15.9 Å². The van der Waals surface area contributed by atoms with Crippen LogP contribution >= 0.6 is 0 Å². The van der Waals surface area contributed by atoms with E-state index >= 15 is 0 Å². The largest absolute Gasteiger partial charge is 0.375 e. The van der Waals surface area contributed by atoms with Crippen molar-refractivity contribution in [1.29, 1.82) is 0 Å². The van der Waals surface area contributed by atoms with Crippen molar-refractivity contribution in [3.8, 4) is 0 Å². The number of ether oxygens (including phenoxy) is 1. The number of rotatable bonds is 4. The molecule has 2 fully saturated rings. The molecule has 3 rings (SSSR count). The van der Waals surface area contributed by atoms with E-state index in [4.69, 9.17) is 4.74 Å². The Morgan fingerprint density at radius 2 is 1.76 bits per heavy atom. The Kier molecular flexibility index (Phi) is 3.99. The smallest absolute Gasteiger partial charge is 0.239 e. The molecule has 2 bridgehead atoms. The molecule has 1 N–H and O–H groups in total. The predicted molar refractivity (Wildman–Crippen MR) is 77.8 cm³/mol. The predicted octanol–water partition coefficient (Wildman–Crippen LogP) is 1.59. The SMILES string of the molecule is O=C(NS(=O)(=O)Cc1ccccc1)C1C[C@H]2CC[C@@H](C1)O2. The summed E-state index contributed by atoms with van der Waals surface area (Å²) >= 11 is 0. The second kappa shape index (κ2) is 5.77. The molecule has 0 aromatic heterocycles. The minimum Gasteiger partial charge on any atom is -0.375 e. The maximum atomic E-state index is 12.2. The summed E-state index contributed by atoms with van der Waals surface area (Å²) in [5.41, 5.74) is 0.671. The van der Waals surface area contributed by atoms with Gasteiger partial charge in [0.05, 0.1) is 18.0 Å². The Morgan fingerprint density at radius 1 is 1.14 bits per heavy atom. The third-order valence-corrected chi connectivity index (χ3v) is 5.34. The molecule has 2 aliphatic rings. The van der Waals surface area contributed by atoms with Gasteiger partial charge in [-0.15, -0.1) is 0 Å². The molecule has 0 saturated carbocycles. The zero-order valence-corrected chi connectivity index (χ0v) is 12.5. The van der Waals surface area contributed by atoms with Gasteiger partial charge in [0.1, 0.15) is 0 Å². The molecule has 1 unspecified atom stereocenters. The molecule has 2 aliphatic heterocycles. The highest BCUT2D eigenvalue weighted by atomic mass is 32.2. The fourth-order valence-electron chi connectivity index (χ4n) is 3.14. The number of fused-ring (bicyclic) bond motifs is 2. The van der Waals surface area contributed by atoms with Crippen LogP contribution in [-0.4, -0.2) is 26.5 Å². The number of amides is 1. The number of sulfonamides is 1. The van der Waals surface area contributed by atoms with Gasteiger partial charge in [0.15, 0.2) is 0 Å². The lowest BCUT2D eigenvalue weighted by Crippen LogP contribution is -2.40. The van der Waals surface area contributed by atoms with E-state index in [2.05, 4.69) is 4.72 Å². The Bertz CT molecular complexity index is 602. The fraction of sp³-hybridized carbons (Fsp3) is 0.533. The molecule has 2 saturated heterocycles. The van der Waals surface area contributed by atoms with Gasteiger partial charge in [-0.3, -0.25) is 9.52 Å². The zero-order chi connectivity index (χ0) is 14.9. The summed E-state index contributed by atoms with van der Waals surface area (Å²) in [7, 11) is -3.64. The van der Waals surface area contributed by atoms with Crippen molar-refractivity contribution < 1.29 is 17.9 Å². The summed E-state index contributed by atoms with van der Waals surface area (Å²) in [4.78, 5) is 12.2. The molecule has 1 aromatic carbocycles. The second-order valence-corrected chi connectivity index (χ2v) is 7.56. The molecule has 6 heteroatoms. The molecule has 114 valence electrons.